The summed E-state index contributed by atoms with van der Waals surface area (Å²) in [7, 11) is 0. The first-order valence-electron chi connectivity index (χ1n) is 10.4. The van der Waals surface area contributed by atoms with Crippen molar-refractivity contribution >= 4 is 0 Å². The van der Waals surface area contributed by atoms with Gasteiger partial charge in [-0.25, -0.2) is 0 Å². The molecule has 3 nitrogen and oxygen atoms in total. The van der Waals surface area contributed by atoms with Gasteiger partial charge in [-0.05, 0) is 69.7 Å². The standard InChI is InChI=1S/C23H37NO2/c1-3-4-9-17(2)22(25)12-11-20-21-15-18(10-7-5-6-8-13-24)14-19(21)16-23(20)26/h10-12,17,19-23,25-26H,5-9,13-16,24H2,1-2H3/b12-11+,18-10+/t17-,19+,20-,21+,22-,23-/m1/s1. The van der Waals surface area contributed by atoms with E-state index in [0.29, 0.717) is 18.3 Å². The van der Waals surface area contributed by atoms with Crippen molar-refractivity contribution in [2.75, 3.05) is 6.54 Å². The molecule has 4 N–H and O–H groups in total. The monoisotopic (exact) mass is 359 g/mol. The van der Waals surface area contributed by atoms with E-state index < -0.39 is 6.10 Å². The van der Waals surface area contributed by atoms with Crippen molar-refractivity contribution in [3.05, 3.63) is 23.8 Å². The maximum Gasteiger partial charge on any atom is 0.0755 e. The molecule has 0 amide bonds. The molecule has 2 saturated carbocycles. The minimum atomic E-state index is -0.485. The van der Waals surface area contributed by atoms with Crippen molar-refractivity contribution in [1.82, 2.24) is 0 Å². The van der Waals surface area contributed by atoms with E-state index in [2.05, 4.69) is 24.0 Å². The van der Waals surface area contributed by atoms with Gasteiger partial charge in [0.1, 0.15) is 0 Å². The second-order valence-corrected chi connectivity index (χ2v) is 8.20. The third kappa shape index (κ3) is 5.98. The average Bonchev–Trinajstić information content (AvgIpc) is 3.13. The number of hydrogen-bond donors (Lipinski definition) is 3. The van der Waals surface area contributed by atoms with Crippen LogP contribution in [0.1, 0.15) is 65.2 Å². The van der Waals surface area contributed by atoms with Crippen molar-refractivity contribution in [1.29, 1.82) is 0 Å². The number of aliphatic hydroxyl groups excluding tert-OH is 2. The van der Waals surface area contributed by atoms with E-state index in [1.165, 1.54) is 12.8 Å². The summed E-state index contributed by atoms with van der Waals surface area (Å²) in [6, 6.07) is 0. The van der Waals surface area contributed by atoms with Gasteiger partial charge in [-0.3, -0.25) is 0 Å². The predicted octanol–water partition coefficient (Wildman–Crippen LogP) is 3.81. The van der Waals surface area contributed by atoms with Crippen LogP contribution in [0.15, 0.2) is 23.8 Å². The summed E-state index contributed by atoms with van der Waals surface area (Å²) in [5.74, 6) is 7.37. The zero-order chi connectivity index (χ0) is 18.9. The van der Waals surface area contributed by atoms with Crippen LogP contribution in [0.3, 0.4) is 0 Å². The van der Waals surface area contributed by atoms with Gasteiger partial charge in [0.15, 0.2) is 0 Å². The zero-order valence-electron chi connectivity index (χ0n) is 16.5. The average molecular weight is 360 g/mol. The van der Waals surface area contributed by atoms with Crippen LogP contribution in [0.2, 0.25) is 0 Å². The van der Waals surface area contributed by atoms with Gasteiger partial charge < -0.3 is 15.9 Å². The molecule has 2 rings (SSSR count). The molecule has 0 aromatic carbocycles. The van der Waals surface area contributed by atoms with E-state index in [0.717, 1.165) is 38.6 Å². The zero-order valence-corrected chi connectivity index (χ0v) is 16.5. The Balaban J connectivity index is 1.87. The predicted molar refractivity (Wildman–Crippen MR) is 108 cm³/mol. The molecule has 0 aromatic heterocycles. The van der Waals surface area contributed by atoms with Crippen LogP contribution in [-0.2, 0) is 0 Å². The highest BCUT2D eigenvalue weighted by Crippen LogP contribution is 2.50. The molecule has 0 unspecified atom stereocenters. The fourth-order valence-corrected chi connectivity index (χ4v) is 4.53. The second-order valence-electron chi connectivity index (χ2n) is 8.20. The highest BCUT2D eigenvalue weighted by atomic mass is 16.3. The van der Waals surface area contributed by atoms with Crippen molar-refractivity contribution in [2.45, 2.75) is 77.4 Å². The molecule has 2 fully saturated rings. The van der Waals surface area contributed by atoms with Crippen LogP contribution in [0.5, 0.6) is 0 Å². The fourth-order valence-electron chi connectivity index (χ4n) is 4.53. The molecule has 0 heterocycles. The van der Waals surface area contributed by atoms with E-state index in [1.54, 1.807) is 5.57 Å². The Kier molecular flexibility index (Phi) is 8.91. The van der Waals surface area contributed by atoms with Crippen LogP contribution in [0, 0.1) is 35.5 Å². The summed E-state index contributed by atoms with van der Waals surface area (Å²) in [6.45, 7) is 4.64. The summed E-state index contributed by atoms with van der Waals surface area (Å²) < 4.78 is 0. The number of aliphatic hydroxyl groups is 2. The molecule has 0 saturated heterocycles. The lowest BCUT2D eigenvalue weighted by Crippen LogP contribution is -2.19. The van der Waals surface area contributed by atoms with E-state index in [4.69, 9.17) is 5.73 Å². The van der Waals surface area contributed by atoms with Crippen LogP contribution < -0.4 is 5.73 Å². The highest BCUT2D eigenvalue weighted by Gasteiger charge is 2.44. The van der Waals surface area contributed by atoms with Gasteiger partial charge in [0, 0.05) is 12.3 Å². The third-order valence-electron chi connectivity index (χ3n) is 6.17. The fraction of sp³-hybridized carbons (Fsp3) is 0.739. The molecule has 0 spiro atoms. The van der Waals surface area contributed by atoms with Gasteiger partial charge in [-0.1, -0.05) is 37.1 Å². The van der Waals surface area contributed by atoms with Gasteiger partial charge in [-0.15, -0.1) is 11.8 Å². The first-order valence-corrected chi connectivity index (χ1v) is 10.4. The number of allylic oxidation sites excluding steroid dienone is 2. The van der Waals surface area contributed by atoms with Gasteiger partial charge >= 0.3 is 0 Å². The van der Waals surface area contributed by atoms with Gasteiger partial charge in [0.05, 0.1) is 12.2 Å². The number of nitrogens with two attached hydrogens (primary N) is 1. The van der Waals surface area contributed by atoms with Crippen molar-refractivity contribution in [3.63, 3.8) is 0 Å². The van der Waals surface area contributed by atoms with Crippen LogP contribution in [-0.4, -0.2) is 29.0 Å². The molecule has 2 aliphatic rings. The largest absolute Gasteiger partial charge is 0.392 e. The van der Waals surface area contributed by atoms with Crippen molar-refractivity contribution in [2.24, 2.45) is 29.4 Å². The quantitative estimate of drug-likeness (QED) is 0.333. The van der Waals surface area contributed by atoms with E-state index in [-0.39, 0.29) is 17.9 Å². The Morgan fingerprint density at radius 2 is 2.08 bits per heavy atom. The van der Waals surface area contributed by atoms with Crippen LogP contribution >= 0.6 is 0 Å². The highest BCUT2D eigenvalue weighted by molar-refractivity contribution is 5.18. The van der Waals surface area contributed by atoms with E-state index >= 15 is 0 Å². The minimum Gasteiger partial charge on any atom is -0.392 e. The summed E-state index contributed by atoms with van der Waals surface area (Å²) >= 11 is 0. The second kappa shape index (κ2) is 10.9. The first kappa shape index (κ1) is 21.2. The summed E-state index contributed by atoms with van der Waals surface area (Å²) in [5.41, 5.74) is 7.12. The number of unbranched alkanes of at least 4 members (excludes halogenated alkanes) is 3. The number of hydrogen-bond acceptors (Lipinski definition) is 3. The van der Waals surface area contributed by atoms with Crippen molar-refractivity contribution < 1.29 is 10.2 Å². The topological polar surface area (TPSA) is 66.5 Å². The molecular formula is C23H37NO2. The number of rotatable bonds is 9. The number of fused-ring (bicyclic) bond motifs is 1. The van der Waals surface area contributed by atoms with Gasteiger partial charge in [0.2, 0.25) is 0 Å². The molecule has 0 radical (unpaired) electrons. The van der Waals surface area contributed by atoms with Crippen molar-refractivity contribution in [3.8, 4) is 11.8 Å². The molecule has 0 aromatic rings. The maximum absolute atomic E-state index is 10.5. The molecule has 0 aliphatic heterocycles. The molecule has 2 aliphatic carbocycles. The Hall–Kier alpha value is -1.08. The Morgan fingerprint density at radius 3 is 2.81 bits per heavy atom. The van der Waals surface area contributed by atoms with Gasteiger partial charge in [0.25, 0.3) is 0 Å². The molecule has 6 atom stereocenters. The lowest BCUT2D eigenvalue weighted by Gasteiger charge is -2.19. The molecule has 146 valence electrons. The molecule has 26 heavy (non-hydrogen) atoms. The van der Waals surface area contributed by atoms with Crippen LogP contribution in [0.4, 0.5) is 0 Å². The lowest BCUT2D eigenvalue weighted by molar-refractivity contribution is 0.137. The van der Waals surface area contributed by atoms with Crippen LogP contribution in [0.25, 0.3) is 0 Å². The first-order chi connectivity index (χ1) is 12.6. The smallest absolute Gasteiger partial charge is 0.0755 e. The molecular weight excluding hydrogens is 322 g/mol. The van der Waals surface area contributed by atoms with Gasteiger partial charge in [-0.2, -0.15) is 0 Å². The Morgan fingerprint density at radius 1 is 1.27 bits per heavy atom. The SMILES string of the molecule is CC#CC[C@@H](C)[C@H](O)/C=C/[C@@H]1[C@H]2C/C(=C/CCCCCN)C[C@H]2C[C@H]1O. The summed E-state index contributed by atoms with van der Waals surface area (Å²) in [6.07, 6.45) is 14.3. The Bertz CT molecular complexity index is 542. The third-order valence-corrected chi connectivity index (χ3v) is 6.17. The molecule has 0 bridgehead atoms. The normalized spacial score (nSPS) is 31.8. The van der Waals surface area contributed by atoms with E-state index in [1.807, 2.05) is 19.9 Å². The summed E-state index contributed by atoms with van der Waals surface area (Å²) in [4.78, 5) is 0. The molecule has 3 heteroatoms. The maximum atomic E-state index is 10.5. The summed E-state index contributed by atoms with van der Waals surface area (Å²) in [5, 5.41) is 20.8. The minimum absolute atomic E-state index is 0.126. The lowest BCUT2D eigenvalue weighted by atomic mass is 9.89. The Labute approximate surface area is 159 Å². The van der Waals surface area contributed by atoms with E-state index in [9.17, 15) is 10.2 Å².